The first-order chi connectivity index (χ1) is 13.3. The number of nitro groups is 1. The van der Waals surface area contributed by atoms with Gasteiger partial charge in [-0.05, 0) is 19.4 Å². The number of amides is 1. The van der Waals surface area contributed by atoms with Gasteiger partial charge in [0.25, 0.3) is 5.70 Å². The summed E-state index contributed by atoms with van der Waals surface area (Å²) < 4.78 is 14.8. The van der Waals surface area contributed by atoms with Crippen molar-refractivity contribution in [2.24, 2.45) is 5.92 Å². The van der Waals surface area contributed by atoms with E-state index in [1.54, 1.807) is 26.0 Å². The third-order valence-corrected chi connectivity index (χ3v) is 4.32. The molecule has 0 aromatic heterocycles. The highest BCUT2D eigenvalue weighted by molar-refractivity contribution is 5.92. The number of rotatable bonds is 6. The third-order valence-electron chi connectivity index (χ3n) is 4.32. The maximum atomic E-state index is 12.7. The monoisotopic (exact) mass is 393 g/mol. The van der Waals surface area contributed by atoms with Crippen LogP contribution in [0.3, 0.4) is 0 Å². The van der Waals surface area contributed by atoms with Crippen LogP contribution in [-0.2, 0) is 19.0 Å². The fourth-order valence-corrected chi connectivity index (χ4v) is 3.11. The van der Waals surface area contributed by atoms with E-state index in [0.717, 1.165) is 0 Å². The van der Waals surface area contributed by atoms with Gasteiger partial charge in [0.1, 0.15) is 12.5 Å². The molecule has 1 N–H and O–H groups in total. The Balaban J connectivity index is 2.51. The van der Waals surface area contributed by atoms with E-state index in [0.29, 0.717) is 17.0 Å². The number of methoxy groups -OCH3 is 2. The van der Waals surface area contributed by atoms with Gasteiger partial charge in [0.2, 0.25) is 0 Å². The summed E-state index contributed by atoms with van der Waals surface area (Å²) >= 11 is 0. The minimum absolute atomic E-state index is 0.0124. The Labute approximate surface area is 162 Å². The molecular formula is C18H23N3O7. The number of nitrogens with zero attached hydrogens (tertiary/aromatic N) is 2. The van der Waals surface area contributed by atoms with Crippen molar-refractivity contribution >= 4 is 12.1 Å². The maximum Gasteiger partial charge on any atom is 0.413 e. The first kappa shape index (κ1) is 21.2. The van der Waals surface area contributed by atoms with Crippen molar-refractivity contribution in [2.75, 3.05) is 34.0 Å². The highest BCUT2D eigenvalue weighted by Crippen LogP contribution is 2.37. The fourth-order valence-electron chi connectivity index (χ4n) is 3.11. The van der Waals surface area contributed by atoms with E-state index in [9.17, 15) is 19.7 Å². The van der Waals surface area contributed by atoms with Crippen molar-refractivity contribution in [3.05, 3.63) is 56.7 Å². The van der Waals surface area contributed by atoms with E-state index in [-0.39, 0.29) is 31.0 Å². The number of nitrogens with one attached hydrogen (secondary N) is 1. The van der Waals surface area contributed by atoms with E-state index in [1.165, 1.54) is 25.3 Å². The molecule has 0 fully saturated rings. The lowest BCUT2D eigenvalue weighted by atomic mass is 9.83. The van der Waals surface area contributed by atoms with Crippen LogP contribution in [0.4, 0.5) is 4.79 Å². The predicted molar refractivity (Wildman–Crippen MR) is 98.2 cm³/mol. The zero-order valence-electron chi connectivity index (χ0n) is 16.2. The second-order valence-corrected chi connectivity index (χ2v) is 6.15. The normalized spacial score (nSPS) is 19.2. The molecule has 2 aliphatic heterocycles. The van der Waals surface area contributed by atoms with Crippen LogP contribution in [0.15, 0.2) is 46.6 Å². The summed E-state index contributed by atoms with van der Waals surface area (Å²) in [6.45, 7) is 3.68. The van der Waals surface area contributed by atoms with Crippen molar-refractivity contribution < 1.29 is 28.7 Å². The number of carbonyl (C=O) groups is 2. The Bertz CT molecular complexity index is 795. The molecule has 0 radical (unpaired) electrons. The van der Waals surface area contributed by atoms with Crippen molar-refractivity contribution in [1.82, 2.24) is 10.2 Å². The number of hydrogen-bond donors (Lipinski definition) is 1. The van der Waals surface area contributed by atoms with Crippen LogP contribution >= 0.6 is 0 Å². The van der Waals surface area contributed by atoms with Gasteiger partial charge < -0.3 is 19.5 Å². The van der Waals surface area contributed by atoms with E-state index < -0.39 is 22.9 Å². The molecule has 1 unspecified atom stereocenters. The lowest BCUT2D eigenvalue weighted by molar-refractivity contribution is -0.433. The van der Waals surface area contributed by atoms with Gasteiger partial charge >= 0.3 is 12.1 Å². The van der Waals surface area contributed by atoms with Crippen molar-refractivity contribution in [2.45, 2.75) is 13.8 Å². The molecule has 0 aliphatic carbocycles. The van der Waals surface area contributed by atoms with Crippen molar-refractivity contribution in [1.29, 1.82) is 0 Å². The SMILES string of the molecule is COCCOC(=O)C1=C(C)NC(C)=C([N+](=O)[O-])C1C1=CN(C(=O)OC)CC=C1. The molecular weight excluding hydrogens is 370 g/mol. The Hall–Kier alpha value is -3.14. The zero-order valence-corrected chi connectivity index (χ0v) is 16.2. The Morgan fingerprint density at radius 3 is 2.61 bits per heavy atom. The van der Waals surface area contributed by atoms with Crippen molar-refractivity contribution in [3.63, 3.8) is 0 Å². The van der Waals surface area contributed by atoms with Crippen LogP contribution in [0.25, 0.3) is 0 Å². The average Bonchev–Trinajstić information content (AvgIpc) is 2.66. The molecule has 0 aromatic rings. The zero-order chi connectivity index (χ0) is 20.8. The molecule has 28 heavy (non-hydrogen) atoms. The first-order valence-electron chi connectivity index (χ1n) is 8.53. The smallest absolute Gasteiger partial charge is 0.413 e. The molecule has 1 atom stereocenters. The van der Waals surface area contributed by atoms with Crippen LogP contribution in [0.5, 0.6) is 0 Å². The van der Waals surface area contributed by atoms with Gasteiger partial charge in [-0.3, -0.25) is 15.0 Å². The molecule has 2 rings (SSSR count). The van der Waals surface area contributed by atoms with E-state index in [4.69, 9.17) is 14.2 Å². The van der Waals surface area contributed by atoms with Crippen LogP contribution in [0.2, 0.25) is 0 Å². The summed E-state index contributed by atoms with van der Waals surface area (Å²) in [5.74, 6) is -1.70. The number of hydrogen-bond acceptors (Lipinski definition) is 8. The summed E-state index contributed by atoms with van der Waals surface area (Å²) in [6.07, 6.45) is 4.17. The minimum Gasteiger partial charge on any atom is -0.460 e. The minimum atomic E-state index is -1.00. The van der Waals surface area contributed by atoms with Crippen LogP contribution in [-0.4, -0.2) is 55.9 Å². The van der Waals surface area contributed by atoms with Gasteiger partial charge in [-0.15, -0.1) is 0 Å². The standard InChI is InChI=1S/C18H23N3O7/c1-11-14(17(22)28-9-8-26-3)15(16(21(24)25)12(2)19-11)13-6-5-7-20(10-13)18(23)27-4/h5-6,10,15,19H,7-9H2,1-4H3. The molecule has 10 heteroatoms. The largest absolute Gasteiger partial charge is 0.460 e. The summed E-state index contributed by atoms with van der Waals surface area (Å²) in [5.41, 5.74) is 1.08. The molecule has 0 aromatic carbocycles. The summed E-state index contributed by atoms with van der Waals surface area (Å²) in [6, 6.07) is 0. The maximum absolute atomic E-state index is 12.7. The molecule has 152 valence electrons. The Morgan fingerprint density at radius 2 is 2.00 bits per heavy atom. The number of allylic oxidation sites excluding steroid dienone is 4. The highest BCUT2D eigenvalue weighted by atomic mass is 16.6. The van der Waals surface area contributed by atoms with Gasteiger partial charge in [-0.1, -0.05) is 12.2 Å². The number of dihydropyridines is 1. The van der Waals surface area contributed by atoms with Crippen LogP contribution in [0.1, 0.15) is 13.8 Å². The summed E-state index contributed by atoms with van der Waals surface area (Å²) in [4.78, 5) is 37.1. The molecule has 10 nitrogen and oxygen atoms in total. The second kappa shape index (κ2) is 9.18. The van der Waals surface area contributed by atoms with E-state index in [2.05, 4.69) is 5.32 Å². The van der Waals surface area contributed by atoms with Gasteiger partial charge in [-0.25, -0.2) is 9.59 Å². The average molecular weight is 393 g/mol. The highest BCUT2D eigenvalue weighted by Gasteiger charge is 2.42. The first-order valence-corrected chi connectivity index (χ1v) is 8.53. The molecule has 2 heterocycles. The fraction of sp³-hybridized carbons (Fsp3) is 0.444. The molecule has 1 amide bonds. The predicted octanol–water partition coefficient (Wildman–Crippen LogP) is 1.70. The van der Waals surface area contributed by atoms with Gasteiger partial charge in [-0.2, -0.15) is 0 Å². The molecule has 2 aliphatic rings. The van der Waals surface area contributed by atoms with Crippen LogP contribution < -0.4 is 5.32 Å². The molecule has 0 saturated heterocycles. The van der Waals surface area contributed by atoms with Gasteiger partial charge in [0.05, 0.1) is 29.9 Å². The quantitative estimate of drug-likeness (QED) is 0.313. The molecule has 0 bridgehead atoms. The Kier molecular flexibility index (Phi) is 6.94. The molecule has 0 spiro atoms. The number of carbonyl (C=O) groups excluding carboxylic acids is 2. The lowest BCUT2D eigenvalue weighted by Gasteiger charge is -2.29. The lowest BCUT2D eigenvalue weighted by Crippen LogP contribution is -2.35. The van der Waals surface area contributed by atoms with Crippen LogP contribution in [0, 0.1) is 16.0 Å². The summed E-state index contributed by atoms with van der Waals surface area (Å²) in [5, 5.41) is 14.7. The number of ether oxygens (including phenoxy) is 3. The Morgan fingerprint density at radius 1 is 1.29 bits per heavy atom. The van der Waals surface area contributed by atoms with Crippen molar-refractivity contribution in [3.8, 4) is 0 Å². The van der Waals surface area contributed by atoms with E-state index >= 15 is 0 Å². The molecule has 0 saturated carbocycles. The number of esters is 1. The van der Waals surface area contributed by atoms with Gasteiger partial charge in [0.15, 0.2) is 0 Å². The second-order valence-electron chi connectivity index (χ2n) is 6.15. The van der Waals surface area contributed by atoms with E-state index in [1.807, 2.05) is 0 Å². The third kappa shape index (κ3) is 4.39. The topological polar surface area (TPSA) is 120 Å². The van der Waals surface area contributed by atoms with Gasteiger partial charge in [0, 0.05) is 25.6 Å². The summed E-state index contributed by atoms with van der Waals surface area (Å²) in [7, 11) is 2.72.